The lowest BCUT2D eigenvalue weighted by Crippen LogP contribution is -2.48. The van der Waals surface area contributed by atoms with Gasteiger partial charge in [-0.2, -0.15) is 0 Å². The maximum Gasteiger partial charge on any atom is 0.409 e. The third kappa shape index (κ3) is 5.60. The van der Waals surface area contributed by atoms with Crippen LogP contribution in [-0.2, 0) is 11.2 Å². The van der Waals surface area contributed by atoms with Crippen LogP contribution in [-0.4, -0.2) is 49.2 Å². The lowest BCUT2D eigenvalue weighted by Gasteiger charge is -2.31. The number of nitrogens with two attached hydrogens (primary N) is 1. The zero-order valence-corrected chi connectivity index (χ0v) is 14.8. The van der Waals surface area contributed by atoms with Crippen LogP contribution in [0.25, 0.3) is 0 Å². The topological polar surface area (TPSA) is 80.0 Å². The summed E-state index contributed by atoms with van der Waals surface area (Å²) in [5.74, 6) is 0.441. The van der Waals surface area contributed by atoms with Crippen LogP contribution < -0.4 is 11.1 Å². The van der Waals surface area contributed by atoms with E-state index in [4.69, 9.17) is 22.1 Å². The highest BCUT2D eigenvalue weighted by Gasteiger charge is 2.23. The smallest absolute Gasteiger partial charge is 0.409 e. The minimum atomic E-state index is -0.239. The number of piperidine rings is 1. The molecule has 6 nitrogen and oxygen atoms in total. The van der Waals surface area contributed by atoms with E-state index >= 15 is 0 Å². The Morgan fingerprint density at radius 1 is 1.42 bits per heavy atom. The van der Waals surface area contributed by atoms with Gasteiger partial charge in [0.05, 0.1) is 6.61 Å². The molecule has 0 unspecified atom stereocenters. The van der Waals surface area contributed by atoms with Gasteiger partial charge in [0, 0.05) is 30.7 Å². The molecule has 0 atom stereocenters. The number of amides is 1. The number of aliphatic imine (C=N–C) groups is 1. The Balaban J connectivity index is 1.72. The Kier molecular flexibility index (Phi) is 7.18. The molecule has 0 spiro atoms. The first-order valence-electron chi connectivity index (χ1n) is 8.31. The predicted molar refractivity (Wildman–Crippen MR) is 96.4 cm³/mol. The van der Waals surface area contributed by atoms with Crippen molar-refractivity contribution in [2.75, 3.05) is 26.2 Å². The van der Waals surface area contributed by atoms with E-state index in [9.17, 15) is 4.79 Å². The maximum atomic E-state index is 11.7. The average Bonchev–Trinajstić information content (AvgIpc) is 2.57. The summed E-state index contributed by atoms with van der Waals surface area (Å²) in [4.78, 5) is 17.7. The highest BCUT2D eigenvalue weighted by Crippen LogP contribution is 2.15. The summed E-state index contributed by atoms with van der Waals surface area (Å²) in [7, 11) is 0. The second-order valence-electron chi connectivity index (χ2n) is 5.71. The third-order valence-corrected chi connectivity index (χ3v) is 4.36. The first-order valence-corrected chi connectivity index (χ1v) is 8.69. The molecular weight excluding hydrogens is 328 g/mol. The molecule has 3 N–H and O–H groups in total. The fourth-order valence-corrected chi connectivity index (χ4v) is 2.90. The van der Waals surface area contributed by atoms with Crippen molar-refractivity contribution in [2.24, 2.45) is 10.7 Å². The van der Waals surface area contributed by atoms with Gasteiger partial charge in [-0.15, -0.1) is 0 Å². The largest absolute Gasteiger partial charge is 0.450 e. The van der Waals surface area contributed by atoms with Gasteiger partial charge in [0.1, 0.15) is 0 Å². The quantitative estimate of drug-likeness (QED) is 0.630. The van der Waals surface area contributed by atoms with Crippen LogP contribution in [0.3, 0.4) is 0 Å². The van der Waals surface area contributed by atoms with Gasteiger partial charge in [0.15, 0.2) is 5.96 Å². The van der Waals surface area contributed by atoms with Gasteiger partial charge in [0.2, 0.25) is 0 Å². The number of nitrogens with zero attached hydrogens (tertiary/aromatic N) is 2. The predicted octanol–water partition coefficient (Wildman–Crippen LogP) is 2.41. The number of guanidine groups is 1. The number of benzene rings is 1. The van der Waals surface area contributed by atoms with E-state index in [2.05, 4.69) is 10.3 Å². The lowest BCUT2D eigenvalue weighted by atomic mass is 10.1. The fraction of sp³-hybridized carbons (Fsp3) is 0.529. The standard InChI is InChI=1S/C17H25ClN4O2/c1-2-24-17(23)22-11-8-14(9-12-22)21-16(19)20-10-7-13-5-3-4-6-15(13)18/h3-6,14H,2,7-12H2,1H3,(H3,19,20,21). The molecule has 7 heteroatoms. The molecule has 1 aliphatic heterocycles. The van der Waals surface area contributed by atoms with Gasteiger partial charge >= 0.3 is 6.09 Å². The summed E-state index contributed by atoms with van der Waals surface area (Å²) in [6.45, 7) is 4.14. The van der Waals surface area contributed by atoms with Gasteiger partial charge in [0.25, 0.3) is 0 Å². The monoisotopic (exact) mass is 352 g/mol. The highest BCUT2D eigenvalue weighted by atomic mass is 35.5. The molecule has 1 amide bonds. The van der Waals surface area contributed by atoms with E-state index in [-0.39, 0.29) is 12.1 Å². The molecule has 0 saturated carbocycles. The Morgan fingerprint density at radius 2 is 2.12 bits per heavy atom. The van der Waals surface area contributed by atoms with Crippen molar-refractivity contribution < 1.29 is 9.53 Å². The Labute approximate surface area is 148 Å². The van der Waals surface area contributed by atoms with Crippen LogP contribution in [0.15, 0.2) is 29.3 Å². The third-order valence-electron chi connectivity index (χ3n) is 3.99. The molecule has 1 aromatic carbocycles. The van der Waals surface area contributed by atoms with Gasteiger partial charge in [-0.1, -0.05) is 29.8 Å². The molecular formula is C17H25ClN4O2. The number of likely N-dealkylation sites (tertiary alicyclic amines) is 1. The van der Waals surface area contributed by atoms with Crippen molar-refractivity contribution >= 4 is 23.7 Å². The summed E-state index contributed by atoms with van der Waals surface area (Å²) in [5, 5.41) is 3.98. The first kappa shape index (κ1) is 18.4. The molecule has 1 fully saturated rings. The van der Waals surface area contributed by atoms with Crippen LogP contribution in [0.2, 0.25) is 5.02 Å². The molecule has 1 aliphatic rings. The number of ether oxygens (including phenoxy) is 1. The van der Waals surface area contributed by atoms with Crippen molar-refractivity contribution in [1.82, 2.24) is 10.2 Å². The second-order valence-corrected chi connectivity index (χ2v) is 6.12. The summed E-state index contributed by atoms with van der Waals surface area (Å²) in [5.41, 5.74) is 7.02. The Morgan fingerprint density at radius 3 is 2.79 bits per heavy atom. The zero-order valence-electron chi connectivity index (χ0n) is 14.0. The van der Waals surface area contributed by atoms with Crippen molar-refractivity contribution in [3.05, 3.63) is 34.9 Å². The van der Waals surface area contributed by atoms with Crippen molar-refractivity contribution in [3.63, 3.8) is 0 Å². The molecule has 2 rings (SSSR count). The number of halogens is 1. The van der Waals surface area contributed by atoms with Crippen LogP contribution >= 0.6 is 11.6 Å². The van der Waals surface area contributed by atoms with Gasteiger partial charge in [-0.25, -0.2) is 4.79 Å². The molecule has 0 aliphatic carbocycles. The normalized spacial score (nSPS) is 16.1. The van der Waals surface area contributed by atoms with Crippen LogP contribution in [0.1, 0.15) is 25.3 Å². The van der Waals surface area contributed by atoms with Gasteiger partial charge in [-0.3, -0.25) is 4.99 Å². The SMILES string of the molecule is CCOC(=O)N1CCC(NC(N)=NCCc2ccccc2Cl)CC1. The van der Waals surface area contributed by atoms with E-state index in [1.807, 2.05) is 31.2 Å². The fourth-order valence-electron chi connectivity index (χ4n) is 2.67. The molecule has 24 heavy (non-hydrogen) atoms. The van der Waals surface area contributed by atoms with Crippen molar-refractivity contribution in [3.8, 4) is 0 Å². The van der Waals surface area contributed by atoms with E-state index in [1.165, 1.54) is 0 Å². The summed E-state index contributed by atoms with van der Waals surface area (Å²) in [6, 6.07) is 7.98. The average molecular weight is 353 g/mol. The molecule has 1 aromatic rings. The van der Waals surface area contributed by atoms with E-state index < -0.39 is 0 Å². The van der Waals surface area contributed by atoms with E-state index in [0.29, 0.717) is 32.2 Å². The first-order chi connectivity index (χ1) is 11.6. The molecule has 1 heterocycles. The lowest BCUT2D eigenvalue weighted by molar-refractivity contribution is 0.0963. The number of rotatable bonds is 5. The minimum absolute atomic E-state index is 0.236. The highest BCUT2D eigenvalue weighted by molar-refractivity contribution is 6.31. The summed E-state index contributed by atoms with van der Waals surface area (Å²) < 4.78 is 5.01. The molecule has 0 bridgehead atoms. The molecule has 0 radical (unpaired) electrons. The van der Waals surface area contributed by atoms with E-state index in [1.54, 1.807) is 4.90 Å². The number of hydrogen-bond acceptors (Lipinski definition) is 3. The van der Waals surface area contributed by atoms with Gasteiger partial charge in [-0.05, 0) is 37.8 Å². The summed E-state index contributed by atoms with van der Waals surface area (Å²) >= 11 is 6.12. The van der Waals surface area contributed by atoms with Crippen molar-refractivity contribution in [2.45, 2.75) is 32.2 Å². The van der Waals surface area contributed by atoms with Crippen LogP contribution in [0, 0.1) is 0 Å². The molecule has 1 saturated heterocycles. The van der Waals surface area contributed by atoms with Crippen LogP contribution in [0.5, 0.6) is 0 Å². The Hall–Kier alpha value is -1.95. The van der Waals surface area contributed by atoms with Gasteiger partial charge < -0.3 is 20.7 Å². The maximum absolute atomic E-state index is 11.7. The zero-order chi connectivity index (χ0) is 17.4. The van der Waals surface area contributed by atoms with Crippen LogP contribution in [0.4, 0.5) is 4.79 Å². The number of carbonyl (C=O) groups is 1. The number of carbonyl (C=O) groups excluding carboxylic acids is 1. The number of nitrogens with one attached hydrogen (secondary N) is 1. The minimum Gasteiger partial charge on any atom is -0.450 e. The Bertz CT molecular complexity index is 571. The summed E-state index contributed by atoms with van der Waals surface area (Å²) in [6.07, 6.45) is 2.18. The molecule has 0 aromatic heterocycles. The second kappa shape index (κ2) is 9.37. The number of hydrogen-bond donors (Lipinski definition) is 2. The molecule has 132 valence electrons. The van der Waals surface area contributed by atoms with E-state index in [0.717, 1.165) is 29.8 Å². The van der Waals surface area contributed by atoms with Crippen molar-refractivity contribution in [1.29, 1.82) is 0 Å².